The Morgan fingerprint density at radius 2 is 2.06 bits per heavy atom. The molecule has 90 valence electrons. The summed E-state index contributed by atoms with van der Waals surface area (Å²) in [6, 6.07) is 6.06. The van der Waals surface area contributed by atoms with Gasteiger partial charge in [-0.15, -0.1) is 0 Å². The highest BCUT2D eigenvalue weighted by Gasteiger charge is 2.11. The summed E-state index contributed by atoms with van der Waals surface area (Å²) in [5.74, 6) is -0.831. The number of aromatic amines is 1. The van der Waals surface area contributed by atoms with Crippen LogP contribution in [0.5, 0.6) is 0 Å². The van der Waals surface area contributed by atoms with Crippen LogP contribution in [0.2, 0.25) is 0 Å². The summed E-state index contributed by atoms with van der Waals surface area (Å²) in [7, 11) is 1.29. The van der Waals surface area contributed by atoms with Crippen LogP contribution >= 0.6 is 0 Å². The Morgan fingerprint density at radius 1 is 1.28 bits per heavy atom. The number of esters is 1. The van der Waals surface area contributed by atoms with E-state index in [9.17, 15) is 9.18 Å². The Labute approximate surface area is 101 Å². The topological polar surface area (TPSA) is 55.0 Å². The second-order valence-corrected chi connectivity index (χ2v) is 3.92. The second-order valence-electron chi connectivity index (χ2n) is 3.92. The lowest BCUT2D eigenvalue weighted by molar-refractivity contribution is 0.0594. The number of methoxy groups -OCH3 is 1. The van der Waals surface area contributed by atoms with E-state index in [0.717, 1.165) is 21.8 Å². The third-order valence-corrected chi connectivity index (χ3v) is 2.84. The van der Waals surface area contributed by atoms with Gasteiger partial charge in [0, 0.05) is 16.3 Å². The summed E-state index contributed by atoms with van der Waals surface area (Å²) in [5.41, 5.74) is 1.76. The van der Waals surface area contributed by atoms with Crippen molar-refractivity contribution in [1.82, 2.24) is 9.97 Å². The normalized spacial score (nSPS) is 11.0. The minimum atomic E-state index is -0.511. The third kappa shape index (κ3) is 1.52. The van der Waals surface area contributed by atoms with Crippen LogP contribution < -0.4 is 0 Å². The quantitative estimate of drug-likeness (QED) is 0.669. The van der Waals surface area contributed by atoms with Gasteiger partial charge in [-0.3, -0.25) is 0 Å². The van der Waals surface area contributed by atoms with Crippen molar-refractivity contribution in [2.75, 3.05) is 7.11 Å². The fourth-order valence-electron chi connectivity index (χ4n) is 1.99. The second kappa shape index (κ2) is 3.80. The van der Waals surface area contributed by atoms with Crippen LogP contribution in [0.1, 0.15) is 10.5 Å². The average Bonchev–Trinajstić information content (AvgIpc) is 2.75. The fraction of sp³-hybridized carbons (Fsp3) is 0.0769. The predicted molar refractivity (Wildman–Crippen MR) is 64.9 cm³/mol. The molecule has 2 aromatic heterocycles. The molecule has 3 rings (SSSR count). The first-order valence-electron chi connectivity index (χ1n) is 5.34. The summed E-state index contributed by atoms with van der Waals surface area (Å²) in [6.07, 6.45) is 1.54. The molecule has 0 aliphatic heterocycles. The van der Waals surface area contributed by atoms with E-state index >= 15 is 0 Å². The Morgan fingerprint density at radius 3 is 2.83 bits per heavy atom. The van der Waals surface area contributed by atoms with Crippen LogP contribution in [-0.2, 0) is 4.74 Å². The van der Waals surface area contributed by atoms with E-state index in [1.807, 2.05) is 0 Å². The number of hydrogen-bond acceptors (Lipinski definition) is 3. The number of nitrogens with zero attached hydrogens (tertiary/aromatic N) is 1. The van der Waals surface area contributed by atoms with Crippen LogP contribution in [-0.4, -0.2) is 23.0 Å². The third-order valence-electron chi connectivity index (χ3n) is 2.84. The van der Waals surface area contributed by atoms with Crippen LogP contribution in [0.3, 0.4) is 0 Å². The zero-order chi connectivity index (χ0) is 12.7. The lowest BCUT2D eigenvalue weighted by Crippen LogP contribution is -2.03. The first-order chi connectivity index (χ1) is 8.69. The summed E-state index contributed by atoms with van der Waals surface area (Å²) in [4.78, 5) is 18.5. The van der Waals surface area contributed by atoms with Crippen molar-refractivity contribution in [2.24, 2.45) is 0 Å². The van der Waals surface area contributed by atoms with Gasteiger partial charge in [0.05, 0.1) is 18.8 Å². The average molecular weight is 244 g/mol. The molecule has 0 spiro atoms. The molecule has 3 aromatic rings. The summed E-state index contributed by atoms with van der Waals surface area (Å²) < 4.78 is 17.9. The highest BCUT2D eigenvalue weighted by molar-refractivity contribution is 6.08. The van der Waals surface area contributed by atoms with Gasteiger partial charge in [0.2, 0.25) is 0 Å². The molecule has 2 heterocycles. The summed E-state index contributed by atoms with van der Waals surface area (Å²) in [5, 5.41) is 1.47. The predicted octanol–water partition coefficient (Wildman–Crippen LogP) is 2.64. The lowest BCUT2D eigenvalue weighted by atomic mass is 10.1. The monoisotopic (exact) mass is 244 g/mol. The molecule has 0 radical (unpaired) electrons. The van der Waals surface area contributed by atoms with E-state index in [1.54, 1.807) is 18.3 Å². The van der Waals surface area contributed by atoms with Gasteiger partial charge in [-0.25, -0.2) is 14.2 Å². The van der Waals surface area contributed by atoms with Crippen molar-refractivity contribution in [3.8, 4) is 0 Å². The molecule has 0 amide bonds. The van der Waals surface area contributed by atoms with Crippen molar-refractivity contribution in [3.63, 3.8) is 0 Å². The highest BCUT2D eigenvalue weighted by atomic mass is 19.1. The molecule has 5 heteroatoms. The number of rotatable bonds is 1. The SMILES string of the molecule is COC(=O)c1cc2c(cn1)[nH]c1ccc(F)cc12. The van der Waals surface area contributed by atoms with Crippen LogP contribution in [0, 0.1) is 5.82 Å². The summed E-state index contributed by atoms with van der Waals surface area (Å²) in [6.45, 7) is 0. The maximum Gasteiger partial charge on any atom is 0.356 e. The Hall–Kier alpha value is -2.43. The molecule has 4 nitrogen and oxygen atoms in total. The van der Waals surface area contributed by atoms with Gasteiger partial charge >= 0.3 is 5.97 Å². The first kappa shape index (κ1) is 10.7. The Kier molecular flexibility index (Phi) is 2.26. The number of fused-ring (bicyclic) bond motifs is 3. The van der Waals surface area contributed by atoms with E-state index < -0.39 is 5.97 Å². The number of carbonyl (C=O) groups is 1. The number of H-pyrrole nitrogens is 1. The van der Waals surface area contributed by atoms with Crippen LogP contribution in [0.15, 0.2) is 30.5 Å². The van der Waals surface area contributed by atoms with Gasteiger partial charge in [0.15, 0.2) is 0 Å². The Balaban J connectivity index is 2.34. The van der Waals surface area contributed by atoms with Crippen LogP contribution in [0.4, 0.5) is 4.39 Å². The van der Waals surface area contributed by atoms with Crippen LogP contribution in [0.25, 0.3) is 21.8 Å². The molecule has 0 aliphatic rings. The number of pyridine rings is 1. The van der Waals surface area contributed by atoms with Crippen molar-refractivity contribution >= 4 is 27.8 Å². The maximum atomic E-state index is 13.2. The van der Waals surface area contributed by atoms with Gasteiger partial charge < -0.3 is 9.72 Å². The zero-order valence-electron chi connectivity index (χ0n) is 9.53. The van der Waals surface area contributed by atoms with E-state index in [-0.39, 0.29) is 11.5 Å². The van der Waals surface area contributed by atoms with Gasteiger partial charge in [0.1, 0.15) is 11.5 Å². The largest absolute Gasteiger partial charge is 0.464 e. The molecule has 0 bridgehead atoms. The molecule has 0 saturated carbocycles. The van der Waals surface area contributed by atoms with E-state index in [2.05, 4.69) is 14.7 Å². The minimum absolute atomic E-state index is 0.204. The van der Waals surface area contributed by atoms with Crippen molar-refractivity contribution in [3.05, 3.63) is 42.0 Å². The van der Waals surface area contributed by atoms with E-state index in [4.69, 9.17) is 0 Å². The van der Waals surface area contributed by atoms with Crippen molar-refractivity contribution in [2.45, 2.75) is 0 Å². The standard InChI is InChI=1S/C13H9FN2O2/c1-18-13(17)11-5-9-8-4-7(14)2-3-10(8)16-12(9)6-15-11/h2-6,16H,1H3. The highest BCUT2D eigenvalue weighted by Crippen LogP contribution is 2.26. The number of benzene rings is 1. The van der Waals surface area contributed by atoms with Gasteiger partial charge in [-0.05, 0) is 24.3 Å². The zero-order valence-corrected chi connectivity index (χ0v) is 9.53. The molecule has 0 fully saturated rings. The van der Waals surface area contributed by atoms with Crippen molar-refractivity contribution in [1.29, 1.82) is 0 Å². The maximum absolute atomic E-state index is 13.2. The fourth-order valence-corrected chi connectivity index (χ4v) is 1.99. The minimum Gasteiger partial charge on any atom is -0.464 e. The molecular formula is C13H9FN2O2. The van der Waals surface area contributed by atoms with Crippen molar-refractivity contribution < 1.29 is 13.9 Å². The molecule has 0 atom stereocenters. The smallest absolute Gasteiger partial charge is 0.356 e. The molecule has 1 N–H and O–H groups in total. The molecule has 0 saturated heterocycles. The molecule has 0 unspecified atom stereocenters. The lowest BCUT2D eigenvalue weighted by Gasteiger charge is -1.98. The molecular weight excluding hydrogens is 235 g/mol. The molecule has 18 heavy (non-hydrogen) atoms. The van der Waals surface area contributed by atoms with Gasteiger partial charge in [0.25, 0.3) is 0 Å². The van der Waals surface area contributed by atoms with E-state index in [0.29, 0.717) is 0 Å². The number of carbonyl (C=O) groups excluding carboxylic acids is 1. The number of aromatic nitrogens is 2. The van der Waals surface area contributed by atoms with Gasteiger partial charge in [-0.1, -0.05) is 0 Å². The molecule has 1 aromatic carbocycles. The Bertz CT molecular complexity index is 764. The number of hydrogen-bond donors (Lipinski definition) is 1. The number of ether oxygens (including phenoxy) is 1. The first-order valence-corrected chi connectivity index (χ1v) is 5.34. The molecule has 0 aliphatic carbocycles. The number of halogens is 1. The van der Waals surface area contributed by atoms with Gasteiger partial charge in [-0.2, -0.15) is 0 Å². The summed E-state index contributed by atoms with van der Waals surface area (Å²) >= 11 is 0. The van der Waals surface area contributed by atoms with E-state index in [1.165, 1.54) is 19.2 Å². The number of nitrogens with one attached hydrogen (secondary N) is 1.